The molecule has 0 bridgehead atoms. The summed E-state index contributed by atoms with van der Waals surface area (Å²) in [6.07, 6.45) is 10.1. The summed E-state index contributed by atoms with van der Waals surface area (Å²) in [5.74, 6) is 0.0952. The molecular weight excluding hydrogens is 395 g/mol. The number of fused-ring (bicyclic) bond motifs is 2. The molecule has 0 aliphatic carbocycles. The summed E-state index contributed by atoms with van der Waals surface area (Å²) in [6, 6.07) is 2.55. The zero-order chi connectivity index (χ0) is 21.0. The van der Waals surface area contributed by atoms with E-state index < -0.39 is 0 Å². The molecule has 0 aromatic carbocycles. The van der Waals surface area contributed by atoms with Crippen LogP contribution in [-0.2, 0) is 4.79 Å². The smallest absolute Gasteiger partial charge is 0.252 e. The molecule has 0 saturated carbocycles. The van der Waals surface area contributed by atoms with Gasteiger partial charge in [0.25, 0.3) is 5.91 Å². The van der Waals surface area contributed by atoms with Crippen LogP contribution >= 0.6 is 8.58 Å². The highest BCUT2D eigenvalue weighted by molar-refractivity contribution is 7.51. The Morgan fingerprint density at radius 2 is 2.07 bits per heavy atom. The summed E-state index contributed by atoms with van der Waals surface area (Å²) >= 11 is 0. The first-order valence-electron chi connectivity index (χ1n) is 10.4. The highest BCUT2D eigenvalue weighted by atomic mass is 31.1. The van der Waals surface area contributed by atoms with Crippen LogP contribution in [0.2, 0.25) is 0 Å². The van der Waals surface area contributed by atoms with Crippen LogP contribution in [0.25, 0.3) is 10.8 Å². The standard InChI is InChI=1S/C22H27N6OP/c1-14-11-28-19(16(3)23-14)9-18(24-28)20-10-21(29)27-13-17(5-6-22(27)30-20)26-8-7-25(4)15(2)12-26/h5-6,9-11,13,15,22,30H,7-8,12H2,1-4H3/t15-,22?/m0/s1. The average Bonchev–Trinajstić information content (AvgIpc) is 3.14. The zero-order valence-corrected chi connectivity index (χ0v) is 18.8. The molecule has 3 aliphatic heterocycles. The van der Waals surface area contributed by atoms with Gasteiger partial charge >= 0.3 is 0 Å². The molecule has 1 saturated heterocycles. The third-order valence-electron chi connectivity index (χ3n) is 6.21. The third kappa shape index (κ3) is 3.36. The Kier molecular flexibility index (Phi) is 4.75. The number of piperazine rings is 1. The van der Waals surface area contributed by atoms with E-state index in [9.17, 15) is 4.79 Å². The van der Waals surface area contributed by atoms with Gasteiger partial charge in [0.15, 0.2) is 0 Å². The molecular formula is C22H27N6OP. The van der Waals surface area contributed by atoms with Crippen molar-refractivity contribution in [1.29, 1.82) is 0 Å². The van der Waals surface area contributed by atoms with E-state index in [4.69, 9.17) is 5.10 Å². The molecule has 2 aromatic rings. The highest BCUT2D eigenvalue weighted by Gasteiger charge is 2.31. The van der Waals surface area contributed by atoms with Gasteiger partial charge in [0.1, 0.15) is 0 Å². The number of allylic oxidation sites excluding steroid dienone is 1. The van der Waals surface area contributed by atoms with E-state index in [2.05, 4.69) is 40.9 Å². The van der Waals surface area contributed by atoms with E-state index in [1.807, 2.05) is 41.7 Å². The average molecular weight is 422 g/mol. The van der Waals surface area contributed by atoms with E-state index in [0.29, 0.717) is 14.6 Å². The molecule has 2 aromatic heterocycles. The lowest BCUT2D eigenvalue weighted by atomic mass is 10.1. The molecule has 7 nitrogen and oxygen atoms in total. The Hall–Kier alpha value is -2.50. The summed E-state index contributed by atoms with van der Waals surface area (Å²) in [5.41, 5.74) is 4.87. The van der Waals surface area contributed by atoms with Crippen molar-refractivity contribution >= 4 is 25.3 Å². The second-order valence-electron chi connectivity index (χ2n) is 8.41. The number of carbonyl (C=O) groups excluding carboxylic acids is 1. The van der Waals surface area contributed by atoms with Crippen molar-refractivity contribution in [3.8, 4) is 0 Å². The van der Waals surface area contributed by atoms with Crippen molar-refractivity contribution in [3.05, 3.63) is 59.5 Å². The highest BCUT2D eigenvalue weighted by Crippen LogP contribution is 2.44. The first kappa shape index (κ1) is 19.5. The number of aryl methyl sites for hydroxylation is 2. The summed E-state index contributed by atoms with van der Waals surface area (Å²) in [6.45, 7) is 9.22. The monoisotopic (exact) mass is 422 g/mol. The largest absolute Gasteiger partial charge is 0.368 e. The van der Waals surface area contributed by atoms with Crippen molar-refractivity contribution in [2.24, 2.45) is 0 Å². The molecule has 1 amide bonds. The van der Waals surface area contributed by atoms with Gasteiger partial charge in [0.2, 0.25) is 0 Å². The molecule has 0 spiro atoms. The van der Waals surface area contributed by atoms with Crippen LogP contribution in [0.3, 0.4) is 0 Å². The molecule has 0 radical (unpaired) electrons. The van der Waals surface area contributed by atoms with Crippen molar-refractivity contribution in [1.82, 2.24) is 29.3 Å². The summed E-state index contributed by atoms with van der Waals surface area (Å²) < 4.78 is 1.87. The van der Waals surface area contributed by atoms with Crippen molar-refractivity contribution in [2.75, 3.05) is 26.7 Å². The van der Waals surface area contributed by atoms with Gasteiger partial charge in [-0.2, -0.15) is 5.10 Å². The fourth-order valence-corrected chi connectivity index (χ4v) is 5.63. The van der Waals surface area contributed by atoms with Crippen molar-refractivity contribution in [2.45, 2.75) is 32.6 Å². The SMILES string of the molecule is Cc1cn2nc(C3=CC(=O)N4C=C(N5CCN(C)[C@@H](C)C5)C=CC4P3)cc2c(C)n1. The fraction of sp³-hybridized carbons (Fsp3) is 0.409. The van der Waals surface area contributed by atoms with Crippen molar-refractivity contribution in [3.63, 3.8) is 0 Å². The topological polar surface area (TPSA) is 57.0 Å². The summed E-state index contributed by atoms with van der Waals surface area (Å²) in [4.78, 5) is 24.2. The Labute approximate surface area is 178 Å². The quantitative estimate of drug-likeness (QED) is 0.697. The second-order valence-corrected chi connectivity index (χ2v) is 9.83. The van der Waals surface area contributed by atoms with Crippen LogP contribution in [0.1, 0.15) is 24.0 Å². The molecule has 156 valence electrons. The maximum Gasteiger partial charge on any atom is 0.252 e. The number of likely N-dealkylation sites (N-methyl/N-ethyl adjacent to an activating group) is 1. The molecule has 0 N–H and O–H groups in total. The lowest BCUT2D eigenvalue weighted by Crippen LogP contribution is -2.50. The lowest BCUT2D eigenvalue weighted by Gasteiger charge is -2.42. The van der Waals surface area contributed by atoms with Gasteiger partial charge < -0.3 is 14.7 Å². The third-order valence-corrected chi connectivity index (χ3v) is 7.68. The zero-order valence-electron chi connectivity index (χ0n) is 17.8. The summed E-state index contributed by atoms with van der Waals surface area (Å²) in [7, 11) is 2.64. The molecule has 8 heteroatoms. The maximum atomic E-state index is 13.0. The van der Waals surface area contributed by atoms with E-state index in [0.717, 1.165) is 53.2 Å². The molecule has 5 rings (SSSR count). The number of aromatic nitrogens is 3. The predicted octanol–water partition coefficient (Wildman–Crippen LogP) is 2.58. The Balaban J connectivity index is 1.41. The number of amides is 1. The van der Waals surface area contributed by atoms with Crippen LogP contribution in [0.4, 0.5) is 0 Å². The van der Waals surface area contributed by atoms with Crippen LogP contribution in [0.5, 0.6) is 0 Å². The number of rotatable bonds is 2. The first-order chi connectivity index (χ1) is 14.4. The molecule has 30 heavy (non-hydrogen) atoms. The Bertz CT molecular complexity index is 1120. The van der Waals surface area contributed by atoms with Crippen LogP contribution < -0.4 is 0 Å². The van der Waals surface area contributed by atoms with Crippen LogP contribution in [0.15, 0.2) is 42.4 Å². The molecule has 5 heterocycles. The van der Waals surface area contributed by atoms with Gasteiger partial charge in [-0.25, -0.2) is 4.52 Å². The van der Waals surface area contributed by atoms with Gasteiger partial charge in [-0.15, -0.1) is 0 Å². The van der Waals surface area contributed by atoms with Gasteiger partial charge in [-0.3, -0.25) is 9.78 Å². The van der Waals surface area contributed by atoms with E-state index in [1.165, 1.54) is 0 Å². The van der Waals surface area contributed by atoms with E-state index in [-0.39, 0.29) is 11.7 Å². The van der Waals surface area contributed by atoms with Crippen LogP contribution in [0, 0.1) is 13.8 Å². The van der Waals surface area contributed by atoms with E-state index >= 15 is 0 Å². The minimum absolute atomic E-state index is 0.0286. The van der Waals surface area contributed by atoms with Crippen LogP contribution in [-0.4, -0.2) is 73.7 Å². The number of hydrogen-bond acceptors (Lipinski definition) is 5. The molecule has 3 atom stereocenters. The number of carbonyl (C=O) groups is 1. The van der Waals surface area contributed by atoms with E-state index in [1.54, 1.807) is 6.08 Å². The van der Waals surface area contributed by atoms with Crippen molar-refractivity contribution < 1.29 is 4.79 Å². The fourth-order valence-electron chi connectivity index (χ4n) is 4.31. The summed E-state index contributed by atoms with van der Waals surface area (Å²) in [5, 5.41) is 5.74. The minimum Gasteiger partial charge on any atom is -0.368 e. The van der Waals surface area contributed by atoms with Gasteiger partial charge in [0, 0.05) is 43.3 Å². The second kappa shape index (κ2) is 7.33. The number of nitrogens with zero attached hydrogens (tertiary/aromatic N) is 6. The van der Waals surface area contributed by atoms with Gasteiger partial charge in [0.05, 0.1) is 40.3 Å². The maximum absolute atomic E-state index is 13.0. The molecule has 3 aliphatic rings. The lowest BCUT2D eigenvalue weighted by molar-refractivity contribution is -0.123. The molecule has 1 fully saturated rings. The number of hydrogen-bond donors (Lipinski definition) is 0. The normalized spacial score (nSPS) is 25.7. The molecule has 2 unspecified atom stereocenters. The Morgan fingerprint density at radius 3 is 2.87 bits per heavy atom. The predicted molar refractivity (Wildman–Crippen MR) is 120 cm³/mol. The Morgan fingerprint density at radius 1 is 1.23 bits per heavy atom. The first-order valence-corrected chi connectivity index (χ1v) is 11.5. The minimum atomic E-state index is 0.0286. The van der Waals surface area contributed by atoms with Gasteiger partial charge in [-0.05, 0) is 40.0 Å². The van der Waals surface area contributed by atoms with Gasteiger partial charge in [-0.1, -0.05) is 14.7 Å².